The van der Waals surface area contributed by atoms with Crippen molar-refractivity contribution in [2.75, 3.05) is 5.32 Å². The summed E-state index contributed by atoms with van der Waals surface area (Å²) in [6, 6.07) is 3.47. The fourth-order valence-electron chi connectivity index (χ4n) is 1.23. The van der Waals surface area contributed by atoms with Crippen molar-refractivity contribution in [1.82, 2.24) is 19.7 Å². The first-order chi connectivity index (χ1) is 7.27. The molecule has 78 valence electrons. The number of amides is 1. The molecule has 2 heterocycles. The SMILES string of the molecule is C[C@H](C(=O)Nc1ncn[nH]1)n1cccc1. The van der Waals surface area contributed by atoms with Gasteiger partial charge in [0.05, 0.1) is 0 Å². The summed E-state index contributed by atoms with van der Waals surface area (Å²) in [5.41, 5.74) is 0. The second kappa shape index (κ2) is 3.95. The zero-order chi connectivity index (χ0) is 10.7. The van der Waals surface area contributed by atoms with Crippen molar-refractivity contribution < 1.29 is 4.79 Å². The van der Waals surface area contributed by atoms with Crippen LogP contribution >= 0.6 is 0 Å². The second-order valence-corrected chi connectivity index (χ2v) is 3.13. The number of H-pyrrole nitrogens is 1. The number of hydrogen-bond acceptors (Lipinski definition) is 3. The zero-order valence-electron chi connectivity index (χ0n) is 8.21. The fraction of sp³-hybridized carbons (Fsp3) is 0.222. The highest BCUT2D eigenvalue weighted by atomic mass is 16.2. The summed E-state index contributed by atoms with van der Waals surface area (Å²) in [4.78, 5) is 15.5. The molecule has 2 N–H and O–H groups in total. The van der Waals surface area contributed by atoms with Gasteiger partial charge in [0, 0.05) is 12.4 Å². The Hall–Kier alpha value is -2.11. The van der Waals surface area contributed by atoms with Gasteiger partial charge in [-0.1, -0.05) is 0 Å². The third-order valence-electron chi connectivity index (χ3n) is 2.11. The Kier molecular flexibility index (Phi) is 2.49. The van der Waals surface area contributed by atoms with Gasteiger partial charge in [0.1, 0.15) is 12.4 Å². The van der Waals surface area contributed by atoms with E-state index in [-0.39, 0.29) is 11.9 Å². The molecule has 0 aliphatic carbocycles. The Bertz CT molecular complexity index is 419. The van der Waals surface area contributed by atoms with Crippen molar-refractivity contribution >= 4 is 11.9 Å². The molecule has 0 aliphatic heterocycles. The molecular formula is C9H11N5O. The second-order valence-electron chi connectivity index (χ2n) is 3.13. The Labute approximate surface area is 86.3 Å². The van der Waals surface area contributed by atoms with Gasteiger partial charge >= 0.3 is 0 Å². The third kappa shape index (κ3) is 2.04. The van der Waals surface area contributed by atoms with E-state index in [9.17, 15) is 4.79 Å². The van der Waals surface area contributed by atoms with Crippen LogP contribution in [0, 0.1) is 0 Å². The molecule has 2 aromatic rings. The average Bonchev–Trinajstić information content (AvgIpc) is 2.88. The largest absolute Gasteiger partial charge is 0.342 e. The van der Waals surface area contributed by atoms with Crippen LogP contribution in [0.3, 0.4) is 0 Å². The first-order valence-corrected chi connectivity index (χ1v) is 4.56. The monoisotopic (exact) mass is 205 g/mol. The summed E-state index contributed by atoms with van der Waals surface area (Å²) >= 11 is 0. The van der Waals surface area contributed by atoms with Crippen LogP contribution in [0.2, 0.25) is 0 Å². The van der Waals surface area contributed by atoms with Gasteiger partial charge in [0.15, 0.2) is 0 Å². The Balaban J connectivity index is 2.03. The predicted octanol–water partition coefficient (Wildman–Crippen LogP) is 0.806. The Morgan fingerprint density at radius 3 is 2.87 bits per heavy atom. The number of aromatic amines is 1. The highest BCUT2D eigenvalue weighted by Gasteiger charge is 2.14. The first-order valence-electron chi connectivity index (χ1n) is 4.56. The topological polar surface area (TPSA) is 75.6 Å². The van der Waals surface area contributed by atoms with E-state index in [0.717, 1.165) is 0 Å². The third-order valence-corrected chi connectivity index (χ3v) is 2.11. The maximum Gasteiger partial charge on any atom is 0.249 e. The van der Waals surface area contributed by atoms with E-state index >= 15 is 0 Å². The molecule has 1 amide bonds. The summed E-state index contributed by atoms with van der Waals surface area (Å²) < 4.78 is 1.81. The number of carbonyl (C=O) groups excluding carboxylic acids is 1. The quantitative estimate of drug-likeness (QED) is 0.778. The minimum Gasteiger partial charge on any atom is -0.342 e. The molecule has 0 fully saturated rings. The first kappa shape index (κ1) is 9.45. The number of anilines is 1. The normalized spacial score (nSPS) is 12.3. The van der Waals surface area contributed by atoms with Crippen molar-refractivity contribution in [2.45, 2.75) is 13.0 Å². The van der Waals surface area contributed by atoms with Crippen molar-refractivity contribution in [1.29, 1.82) is 0 Å². The molecule has 6 heteroatoms. The zero-order valence-corrected chi connectivity index (χ0v) is 8.21. The lowest BCUT2D eigenvalue weighted by Crippen LogP contribution is -2.23. The molecule has 0 saturated carbocycles. The lowest BCUT2D eigenvalue weighted by atomic mass is 10.3. The summed E-state index contributed by atoms with van der Waals surface area (Å²) in [5.74, 6) is 0.224. The molecular weight excluding hydrogens is 194 g/mol. The number of hydrogen-bond donors (Lipinski definition) is 2. The average molecular weight is 205 g/mol. The summed E-state index contributed by atoms with van der Waals surface area (Å²) in [6.07, 6.45) is 5.02. The molecule has 0 bridgehead atoms. The van der Waals surface area contributed by atoms with E-state index in [1.807, 2.05) is 36.0 Å². The maximum atomic E-state index is 11.7. The van der Waals surface area contributed by atoms with E-state index in [1.54, 1.807) is 0 Å². The lowest BCUT2D eigenvalue weighted by molar-refractivity contribution is -0.118. The molecule has 1 atom stereocenters. The van der Waals surface area contributed by atoms with Gasteiger partial charge in [0.2, 0.25) is 11.9 Å². The van der Waals surface area contributed by atoms with Gasteiger partial charge in [-0.05, 0) is 19.1 Å². The molecule has 0 saturated heterocycles. The standard InChI is InChI=1S/C9H11N5O/c1-7(14-4-2-3-5-14)8(15)12-9-10-6-11-13-9/h2-7H,1H3,(H2,10,11,12,13,15)/t7-/m1/s1. The minimum absolute atomic E-state index is 0.136. The van der Waals surface area contributed by atoms with Gasteiger partial charge < -0.3 is 4.57 Å². The Morgan fingerprint density at radius 1 is 1.53 bits per heavy atom. The molecule has 0 aliphatic rings. The fourth-order valence-corrected chi connectivity index (χ4v) is 1.23. The van der Waals surface area contributed by atoms with E-state index in [0.29, 0.717) is 5.95 Å². The van der Waals surface area contributed by atoms with Crippen molar-refractivity contribution in [3.63, 3.8) is 0 Å². The van der Waals surface area contributed by atoms with Gasteiger partial charge in [-0.3, -0.25) is 10.1 Å². The van der Waals surface area contributed by atoms with E-state index in [2.05, 4.69) is 20.5 Å². The number of nitrogens with one attached hydrogen (secondary N) is 2. The van der Waals surface area contributed by atoms with Crippen LogP contribution in [0.1, 0.15) is 13.0 Å². The summed E-state index contributed by atoms with van der Waals surface area (Å²) in [7, 11) is 0. The molecule has 2 rings (SSSR count). The Morgan fingerprint density at radius 2 is 2.27 bits per heavy atom. The van der Waals surface area contributed by atoms with Crippen LogP contribution in [0.15, 0.2) is 30.9 Å². The van der Waals surface area contributed by atoms with E-state index < -0.39 is 0 Å². The van der Waals surface area contributed by atoms with Gasteiger partial charge in [0.25, 0.3) is 0 Å². The lowest BCUT2D eigenvalue weighted by Gasteiger charge is -2.11. The van der Waals surface area contributed by atoms with Crippen LogP contribution in [0.4, 0.5) is 5.95 Å². The summed E-state index contributed by atoms with van der Waals surface area (Å²) in [6.45, 7) is 1.81. The van der Waals surface area contributed by atoms with Crippen LogP contribution < -0.4 is 5.32 Å². The molecule has 0 aromatic carbocycles. The predicted molar refractivity (Wildman–Crippen MR) is 54.2 cm³/mol. The maximum absolute atomic E-state index is 11.7. The smallest absolute Gasteiger partial charge is 0.249 e. The molecule has 0 unspecified atom stereocenters. The van der Waals surface area contributed by atoms with Crippen LogP contribution in [0.5, 0.6) is 0 Å². The molecule has 2 aromatic heterocycles. The minimum atomic E-state index is -0.273. The molecule has 0 radical (unpaired) electrons. The molecule has 15 heavy (non-hydrogen) atoms. The van der Waals surface area contributed by atoms with Crippen LogP contribution in [0.25, 0.3) is 0 Å². The molecule has 6 nitrogen and oxygen atoms in total. The number of carbonyl (C=O) groups is 1. The van der Waals surface area contributed by atoms with E-state index in [4.69, 9.17) is 0 Å². The van der Waals surface area contributed by atoms with Crippen LogP contribution in [-0.4, -0.2) is 25.7 Å². The van der Waals surface area contributed by atoms with Gasteiger partial charge in [-0.15, -0.1) is 0 Å². The highest BCUT2D eigenvalue weighted by Crippen LogP contribution is 2.08. The van der Waals surface area contributed by atoms with E-state index in [1.165, 1.54) is 6.33 Å². The van der Waals surface area contributed by atoms with Gasteiger partial charge in [-0.25, -0.2) is 5.10 Å². The number of rotatable bonds is 3. The van der Waals surface area contributed by atoms with Crippen molar-refractivity contribution in [3.05, 3.63) is 30.9 Å². The number of aromatic nitrogens is 4. The highest BCUT2D eigenvalue weighted by molar-refractivity contribution is 5.91. The van der Waals surface area contributed by atoms with Crippen molar-refractivity contribution in [3.8, 4) is 0 Å². The molecule has 0 spiro atoms. The number of nitrogens with zero attached hydrogens (tertiary/aromatic N) is 3. The van der Waals surface area contributed by atoms with Crippen LogP contribution in [-0.2, 0) is 4.79 Å². The summed E-state index contributed by atoms with van der Waals surface area (Å²) in [5, 5.41) is 8.83. The van der Waals surface area contributed by atoms with Gasteiger partial charge in [-0.2, -0.15) is 10.1 Å². The van der Waals surface area contributed by atoms with Crippen molar-refractivity contribution in [2.24, 2.45) is 0 Å².